The van der Waals surface area contributed by atoms with Crippen molar-refractivity contribution < 1.29 is 42.4 Å². The molecule has 0 unspecified atom stereocenters. The van der Waals surface area contributed by atoms with Crippen molar-refractivity contribution in [1.29, 1.82) is 0 Å². The van der Waals surface area contributed by atoms with Crippen LogP contribution in [0.3, 0.4) is 0 Å². The van der Waals surface area contributed by atoms with Crippen molar-refractivity contribution in [3.63, 3.8) is 0 Å². The topological polar surface area (TPSA) is 97.8 Å². The van der Waals surface area contributed by atoms with Crippen LogP contribution in [0.25, 0.3) is 0 Å². The number of aryl methyl sites for hydroxylation is 1. The molecule has 9 nitrogen and oxygen atoms in total. The maximum atomic E-state index is 13.5. The predicted octanol–water partition coefficient (Wildman–Crippen LogP) is 5.68. The Balaban J connectivity index is 1.39. The molecule has 2 aliphatic heterocycles. The van der Waals surface area contributed by atoms with Gasteiger partial charge in [-0.25, -0.2) is 13.6 Å². The number of benzene rings is 2. The molecule has 1 amide bonds. The van der Waals surface area contributed by atoms with E-state index in [-0.39, 0.29) is 42.1 Å². The lowest BCUT2D eigenvalue weighted by Crippen LogP contribution is -2.50. The number of nitrogens with zero attached hydrogens (tertiary/aromatic N) is 2. The van der Waals surface area contributed by atoms with Crippen molar-refractivity contribution in [2.75, 3.05) is 65.1 Å². The fourth-order valence-electron chi connectivity index (χ4n) is 8.08. The lowest BCUT2D eigenvalue weighted by atomic mass is 9.68. The monoisotopic (exact) mass is 716 g/mol. The SMILES string of the molecule is COC(=O)[C@@]1(O)CC(=O)N(C)CC/C=C\[C@H](OCCOCC(F)F)[C@@H]2CC[C@H]2CN2C[C@@]3(CCCc4cc(Cl)ccc43)COc3ccc1cc32. The molecule has 4 aliphatic rings. The molecule has 1 fully saturated rings. The summed E-state index contributed by atoms with van der Waals surface area (Å²) in [5.74, 6) is -0.315. The van der Waals surface area contributed by atoms with E-state index < -0.39 is 36.9 Å². The van der Waals surface area contributed by atoms with Crippen LogP contribution in [0.5, 0.6) is 5.75 Å². The molecule has 0 aromatic heterocycles. The van der Waals surface area contributed by atoms with Crippen LogP contribution in [-0.2, 0) is 41.2 Å². The minimum absolute atomic E-state index is 0.0674. The zero-order valence-electron chi connectivity index (χ0n) is 28.8. The minimum Gasteiger partial charge on any atom is -0.490 e. The zero-order valence-corrected chi connectivity index (χ0v) is 29.5. The molecule has 0 radical (unpaired) electrons. The highest BCUT2D eigenvalue weighted by molar-refractivity contribution is 6.30. The number of halogens is 3. The Morgan fingerprint density at radius 3 is 2.78 bits per heavy atom. The maximum absolute atomic E-state index is 13.5. The van der Waals surface area contributed by atoms with Crippen LogP contribution >= 0.6 is 11.6 Å². The van der Waals surface area contributed by atoms with E-state index in [9.17, 15) is 23.5 Å². The molecular formula is C38H47ClF2N2O7. The molecule has 1 spiro atoms. The number of carbonyl (C=O) groups is 2. The van der Waals surface area contributed by atoms with E-state index in [0.717, 1.165) is 37.8 Å². The summed E-state index contributed by atoms with van der Waals surface area (Å²) in [5.41, 5.74) is 0.863. The van der Waals surface area contributed by atoms with Crippen LogP contribution in [0.4, 0.5) is 14.5 Å². The number of alkyl halides is 2. The van der Waals surface area contributed by atoms with Gasteiger partial charge < -0.3 is 33.9 Å². The van der Waals surface area contributed by atoms with Crippen LogP contribution < -0.4 is 9.64 Å². The van der Waals surface area contributed by atoms with Crippen molar-refractivity contribution in [1.82, 2.24) is 4.90 Å². The van der Waals surface area contributed by atoms with Crippen LogP contribution in [-0.4, -0.2) is 94.6 Å². The van der Waals surface area contributed by atoms with E-state index in [0.29, 0.717) is 43.4 Å². The second-order valence-corrected chi connectivity index (χ2v) is 14.6. The lowest BCUT2D eigenvalue weighted by molar-refractivity contribution is -0.168. The van der Waals surface area contributed by atoms with Crippen molar-refractivity contribution in [3.05, 3.63) is 70.3 Å². The maximum Gasteiger partial charge on any atom is 0.343 e. The minimum atomic E-state index is -2.53. The molecule has 272 valence electrons. The smallest absolute Gasteiger partial charge is 0.343 e. The second kappa shape index (κ2) is 15.6. The first-order valence-corrected chi connectivity index (χ1v) is 17.9. The fraction of sp³-hybridized carbons (Fsp3) is 0.579. The van der Waals surface area contributed by atoms with E-state index in [1.165, 1.54) is 23.1 Å². The number of amides is 1. The number of esters is 1. The molecule has 2 aromatic rings. The summed E-state index contributed by atoms with van der Waals surface area (Å²) in [7, 11) is 2.84. The Morgan fingerprint density at radius 1 is 1.18 bits per heavy atom. The quantitative estimate of drug-likeness (QED) is 0.222. The number of anilines is 1. The van der Waals surface area contributed by atoms with Gasteiger partial charge >= 0.3 is 5.97 Å². The van der Waals surface area contributed by atoms with Crippen molar-refractivity contribution in [2.45, 2.75) is 68.5 Å². The molecule has 2 heterocycles. The van der Waals surface area contributed by atoms with Gasteiger partial charge in [-0.2, -0.15) is 0 Å². The Hall–Kier alpha value is -3.25. The van der Waals surface area contributed by atoms with E-state index in [2.05, 4.69) is 11.0 Å². The number of methoxy groups -OCH3 is 1. The van der Waals surface area contributed by atoms with Gasteiger partial charge in [0.1, 0.15) is 12.4 Å². The van der Waals surface area contributed by atoms with Gasteiger partial charge in [0, 0.05) is 37.1 Å². The Bertz CT molecular complexity index is 1580. The largest absolute Gasteiger partial charge is 0.490 e. The number of rotatable bonds is 7. The molecule has 2 aromatic carbocycles. The molecule has 50 heavy (non-hydrogen) atoms. The molecule has 6 rings (SSSR count). The van der Waals surface area contributed by atoms with Gasteiger partial charge in [-0.05, 0) is 91.3 Å². The summed E-state index contributed by atoms with van der Waals surface area (Å²) < 4.78 is 48.4. The summed E-state index contributed by atoms with van der Waals surface area (Å²) in [4.78, 5) is 30.5. The van der Waals surface area contributed by atoms with Gasteiger partial charge in [0.15, 0.2) is 5.60 Å². The highest BCUT2D eigenvalue weighted by Gasteiger charge is 2.47. The Kier molecular flexibility index (Phi) is 11.4. The molecule has 2 bridgehead atoms. The summed E-state index contributed by atoms with van der Waals surface area (Å²) in [5, 5.41) is 12.7. The molecule has 2 aliphatic carbocycles. The average Bonchev–Trinajstić information content (AvgIpc) is 3.23. The number of ether oxygens (including phenoxy) is 4. The number of hydrogen-bond acceptors (Lipinski definition) is 8. The normalized spacial score (nSPS) is 29.0. The highest BCUT2D eigenvalue weighted by Crippen LogP contribution is 2.48. The van der Waals surface area contributed by atoms with Crippen LogP contribution in [0, 0.1) is 11.8 Å². The zero-order chi connectivity index (χ0) is 35.5. The first-order valence-electron chi connectivity index (χ1n) is 17.5. The van der Waals surface area contributed by atoms with E-state index >= 15 is 0 Å². The van der Waals surface area contributed by atoms with Crippen LogP contribution in [0.15, 0.2) is 48.6 Å². The van der Waals surface area contributed by atoms with Gasteiger partial charge in [0.2, 0.25) is 5.91 Å². The van der Waals surface area contributed by atoms with E-state index in [4.69, 9.17) is 30.5 Å². The Morgan fingerprint density at radius 2 is 2.02 bits per heavy atom. The fourth-order valence-corrected chi connectivity index (χ4v) is 8.28. The van der Waals surface area contributed by atoms with Gasteiger partial charge in [-0.1, -0.05) is 35.9 Å². The molecule has 1 N–H and O–H groups in total. The van der Waals surface area contributed by atoms with Crippen LogP contribution in [0.2, 0.25) is 5.02 Å². The standard InChI is InChI=1S/C38H47ClF2N2O7/c1-42-15-4-3-7-32(49-17-16-48-22-34(40)41)29-11-8-26(29)21-43-23-37(14-5-6-25-18-28(39)10-12-30(25)37)24-50-33-13-9-27(19-31(33)43)38(46,20-35(42)44)36(45)47-2/h3,7,9-10,12-13,18-19,26,29,32,34,46H,4-6,8,11,14-17,20-24H2,1-2H3/b7-3-/t26-,29+,32-,37-,38+/m0/s1. The highest BCUT2D eigenvalue weighted by atomic mass is 35.5. The van der Waals surface area contributed by atoms with Gasteiger partial charge in [-0.15, -0.1) is 0 Å². The number of aliphatic hydroxyl groups is 1. The van der Waals surface area contributed by atoms with Crippen LogP contribution in [0.1, 0.15) is 55.2 Å². The second-order valence-electron chi connectivity index (χ2n) is 14.2. The lowest BCUT2D eigenvalue weighted by Gasteiger charge is -2.46. The van der Waals surface area contributed by atoms with Gasteiger partial charge in [0.05, 0.1) is 45.1 Å². The Labute approximate surface area is 297 Å². The van der Waals surface area contributed by atoms with E-state index in [1.807, 2.05) is 24.3 Å². The predicted molar refractivity (Wildman–Crippen MR) is 185 cm³/mol. The molecule has 5 atom stereocenters. The van der Waals surface area contributed by atoms with Crippen molar-refractivity contribution in [3.8, 4) is 5.75 Å². The molecule has 0 saturated heterocycles. The molecule has 1 saturated carbocycles. The van der Waals surface area contributed by atoms with Crippen molar-refractivity contribution in [2.24, 2.45) is 11.8 Å². The van der Waals surface area contributed by atoms with E-state index in [1.54, 1.807) is 25.2 Å². The molecular weight excluding hydrogens is 670 g/mol. The van der Waals surface area contributed by atoms with Crippen molar-refractivity contribution >= 4 is 29.2 Å². The summed E-state index contributed by atoms with van der Waals surface area (Å²) in [6, 6.07) is 11.3. The third-order valence-corrected chi connectivity index (χ3v) is 11.2. The van der Waals surface area contributed by atoms with Gasteiger partial charge in [0.25, 0.3) is 6.43 Å². The summed E-state index contributed by atoms with van der Waals surface area (Å²) in [6.07, 6.45) is 5.94. The number of carbonyl (C=O) groups excluding carboxylic acids is 2. The number of fused-ring (bicyclic) bond motifs is 4. The first-order chi connectivity index (χ1) is 24.0. The average molecular weight is 717 g/mol. The number of hydrogen-bond donors (Lipinski definition) is 1. The summed E-state index contributed by atoms with van der Waals surface area (Å²) in [6.45, 7) is 1.70. The molecule has 12 heteroatoms. The third-order valence-electron chi connectivity index (χ3n) is 11.0. The summed E-state index contributed by atoms with van der Waals surface area (Å²) >= 11 is 6.44. The van der Waals surface area contributed by atoms with Gasteiger partial charge in [-0.3, -0.25) is 4.79 Å². The first kappa shape index (κ1) is 36.5. The third kappa shape index (κ3) is 7.66.